The van der Waals surface area contributed by atoms with Crippen LogP contribution in [0.3, 0.4) is 0 Å². The molecule has 104 valence electrons. The predicted molar refractivity (Wildman–Crippen MR) is 79.9 cm³/mol. The van der Waals surface area contributed by atoms with E-state index in [0.29, 0.717) is 0 Å². The van der Waals surface area contributed by atoms with E-state index in [9.17, 15) is 9.59 Å². The van der Waals surface area contributed by atoms with Crippen molar-refractivity contribution in [2.45, 2.75) is 32.6 Å². The van der Waals surface area contributed by atoms with Gasteiger partial charge in [0, 0.05) is 23.1 Å². The third-order valence-corrected chi connectivity index (χ3v) is 4.05. The molecule has 4 nitrogen and oxygen atoms in total. The molecule has 20 heavy (non-hydrogen) atoms. The quantitative estimate of drug-likeness (QED) is 0.900. The van der Waals surface area contributed by atoms with Gasteiger partial charge in [0.25, 0.3) is 0 Å². The van der Waals surface area contributed by atoms with Crippen molar-refractivity contribution in [2.24, 2.45) is 5.92 Å². The summed E-state index contributed by atoms with van der Waals surface area (Å²) in [5.74, 6) is 0.247. The predicted octanol–water partition coefficient (Wildman–Crippen LogP) is 2.83. The molecule has 1 amide bonds. The van der Waals surface area contributed by atoms with Crippen LogP contribution in [0.1, 0.15) is 31.7 Å². The van der Waals surface area contributed by atoms with E-state index in [0.717, 1.165) is 47.8 Å². The molecule has 0 saturated heterocycles. The van der Waals surface area contributed by atoms with Gasteiger partial charge in [0.05, 0.1) is 5.52 Å². The monoisotopic (exact) mass is 270 g/mol. The zero-order valence-electron chi connectivity index (χ0n) is 11.5. The van der Waals surface area contributed by atoms with E-state index in [1.165, 1.54) is 0 Å². The lowest BCUT2D eigenvalue weighted by Crippen LogP contribution is -2.28. The number of benzene rings is 1. The number of amides is 1. The van der Waals surface area contributed by atoms with E-state index in [4.69, 9.17) is 0 Å². The Labute approximate surface area is 117 Å². The fraction of sp³-hybridized carbons (Fsp3) is 0.375. The molecule has 2 aromatic rings. The van der Waals surface area contributed by atoms with Gasteiger partial charge in [-0.1, -0.05) is 19.4 Å². The summed E-state index contributed by atoms with van der Waals surface area (Å²) in [6.07, 6.45) is 3.92. The van der Waals surface area contributed by atoms with Crippen LogP contribution in [0.2, 0.25) is 0 Å². The highest BCUT2D eigenvalue weighted by molar-refractivity contribution is 5.95. The van der Waals surface area contributed by atoms with E-state index >= 15 is 0 Å². The number of H-pyrrole nitrogens is 1. The molecular weight excluding hydrogens is 252 g/mol. The Balaban J connectivity index is 1.93. The highest BCUT2D eigenvalue weighted by atomic mass is 16.2. The molecule has 1 fully saturated rings. The summed E-state index contributed by atoms with van der Waals surface area (Å²) in [7, 11) is 0. The van der Waals surface area contributed by atoms with Crippen molar-refractivity contribution in [1.82, 2.24) is 4.98 Å². The van der Waals surface area contributed by atoms with Crippen molar-refractivity contribution in [3.63, 3.8) is 0 Å². The Morgan fingerprint density at radius 1 is 1.35 bits per heavy atom. The van der Waals surface area contributed by atoms with Crippen LogP contribution in [-0.4, -0.2) is 10.9 Å². The van der Waals surface area contributed by atoms with Crippen molar-refractivity contribution < 1.29 is 4.79 Å². The molecule has 0 bridgehead atoms. The minimum atomic E-state index is -0.100. The van der Waals surface area contributed by atoms with Gasteiger partial charge in [-0.25, -0.2) is 0 Å². The highest BCUT2D eigenvalue weighted by Crippen LogP contribution is 2.28. The normalized spacial score (nSPS) is 15.1. The number of rotatable bonds is 3. The van der Waals surface area contributed by atoms with Gasteiger partial charge in [-0.2, -0.15) is 0 Å². The van der Waals surface area contributed by atoms with Crippen LogP contribution in [-0.2, 0) is 11.2 Å². The first-order valence-corrected chi connectivity index (χ1v) is 7.14. The van der Waals surface area contributed by atoms with Crippen LogP contribution in [0.25, 0.3) is 10.9 Å². The lowest BCUT2D eigenvalue weighted by Gasteiger charge is -2.24. The highest BCUT2D eigenvalue weighted by Gasteiger charge is 2.25. The second kappa shape index (κ2) is 5.12. The molecule has 0 atom stereocenters. The van der Waals surface area contributed by atoms with Crippen LogP contribution in [0.4, 0.5) is 5.69 Å². The Kier molecular flexibility index (Phi) is 3.30. The largest absolute Gasteiger partial charge is 0.326 e. The summed E-state index contributed by atoms with van der Waals surface area (Å²) in [5.41, 5.74) is 2.46. The SMILES string of the molecule is CCc1cc(=O)[nH]c2cc(NC(=O)C3CCC3)ccc12. The minimum absolute atomic E-state index is 0.0876. The summed E-state index contributed by atoms with van der Waals surface area (Å²) >= 11 is 0. The molecule has 2 N–H and O–H groups in total. The third kappa shape index (κ3) is 2.33. The number of anilines is 1. The average molecular weight is 270 g/mol. The Hall–Kier alpha value is -2.10. The molecule has 1 aromatic heterocycles. The first kappa shape index (κ1) is 12.9. The molecular formula is C16H18N2O2. The maximum absolute atomic E-state index is 11.9. The number of carbonyl (C=O) groups excluding carboxylic acids is 1. The summed E-state index contributed by atoms with van der Waals surface area (Å²) < 4.78 is 0. The zero-order chi connectivity index (χ0) is 14.1. The van der Waals surface area contributed by atoms with E-state index in [2.05, 4.69) is 10.3 Å². The summed E-state index contributed by atoms with van der Waals surface area (Å²) in [6.45, 7) is 2.03. The van der Waals surface area contributed by atoms with E-state index in [-0.39, 0.29) is 17.4 Å². The molecule has 0 aliphatic heterocycles. The van der Waals surface area contributed by atoms with Crippen LogP contribution in [0.5, 0.6) is 0 Å². The molecule has 1 saturated carbocycles. The maximum atomic E-state index is 11.9. The smallest absolute Gasteiger partial charge is 0.248 e. The van der Waals surface area contributed by atoms with Crippen LogP contribution in [0.15, 0.2) is 29.1 Å². The number of aryl methyl sites for hydroxylation is 1. The fourth-order valence-electron chi connectivity index (χ4n) is 2.62. The maximum Gasteiger partial charge on any atom is 0.248 e. The molecule has 1 heterocycles. The topological polar surface area (TPSA) is 62.0 Å². The van der Waals surface area contributed by atoms with Crippen molar-refractivity contribution >= 4 is 22.5 Å². The molecule has 0 spiro atoms. The Morgan fingerprint density at radius 2 is 2.15 bits per heavy atom. The average Bonchev–Trinajstić information content (AvgIpc) is 2.34. The number of nitrogens with one attached hydrogen (secondary N) is 2. The van der Waals surface area contributed by atoms with Gasteiger partial charge in [0.15, 0.2) is 0 Å². The number of aromatic nitrogens is 1. The van der Waals surface area contributed by atoms with Gasteiger partial charge < -0.3 is 10.3 Å². The number of hydrogen-bond donors (Lipinski definition) is 2. The fourth-order valence-corrected chi connectivity index (χ4v) is 2.62. The standard InChI is InChI=1S/C16H18N2O2/c1-2-10-8-15(19)18-14-9-12(6-7-13(10)14)17-16(20)11-4-3-5-11/h6-9,11H,2-5H2,1H3,(H,17,20)(H,18,19). The number of hydrogen-bond acceptors (Lipinski definition) is 2. The summed E-state index contributed by atoms with van der Waals surface area (Å²) in [4.78, 5) is 26.4. The Bertz CT molecular complexity index is 714. The first-order chi connectivity index (χ1) is 9.67. The van der Waals surface area contributed by atoms with Crippen molar-refractivity contribution in [3.8, 4) is 0 Å². The van der Waals surface area contributed by atoms with Gasteiger partial charge >= 0.3 is 0 Å². The summed E-state index contributed by atoms with van der Waals surface area (Å²) in [5, 5.41) is 3.97. The minimum Gasteiger partial charge on any atom is -0.326 e. The van der Waals surface area contributed by atoms with E-state index < -0.39 is 0 Å². The second-order valence-corrected chi connectivity index (χ2v) is 5.39. The molecule has 0 unspecified atom stereocenters. The van der Waals surface area contributed by atoms with Crippen LogP contribution >= 0.6 is 0 Å². The van der Waals surface area contributed by atoms with Gasteiger partial charge in [0.2, 0.25) is 11.5 Å². The molecule has 1 aliphatic carbocycles. The molecule has 1 aliphatic rings. The van der Waals surface area contributed by atoms with Crippen molar-refractivity contribution in [1.29, 1.82) is 0 Å². The number of aromatic amines is 1. The van der Waals surface area contributed by atoms with E-state index in [1.807, 2.05) is 25.1 Å². The van der Waals surface area contributed by atoms with Crippen LogP contribution < -0.4 is 10.9 Å². The van der Waals surface area contributed by atoms with Gasteiger partial charge in [0.1, 0.15) is 0 Å². The number of pyridine rings is 1. The van der Waals surface area contributed by atoms with Crippen LogP contribution in [0, 0.1) is 5.92 Å². The Morgan fingerprint density at radius 3 is 2.80 bits per heavy atom. The van der Waals surface area contributed by atoms with Gasteiger partial charge in [-0.15, -0.1) is 0 Å². The first-order valence-electron chi connectivity index (χ1n) is 7.14. The lowest BCUT2D eigenvalue weighted by atomic mass is 9.85. The molecule has 1 aromatic carbocycles. The van der Waals surface area contributed by atoms with E-state index in [1.54, 1.807) is 6.07 Å². The summed E-state index contributed by atoms with van der Waals surface area (Å²) in [6, 6.07) is 7.33. The number of carbonyl (C=O) groups is 1. The van der Waals surface area contributed by atoms with Crippen molar-refractivity contribution in [3.05, 3.63) is 40.2 Å². The number of fused-ring (bicyclic) bond motifs is 1. The van der Waals surface area contributed by atoms with Crippen molar-refractivity contribution in [2.75, 3.05) is 5.32 Å². The lowest BCUT2D eigenvalue weighted by molar-refractivity contribution is -0.122. The molecule has 3 rings (SSSR count). The zero-order valence-corrected chi connectivity index (χ0v) is 11.5. The second-order valence-electron chi connectivity index (χ2n) is 5.39. The third-order valence-electron chi connectivity index (χ3n) is 4.05. The molecule has 0 radical (unpaired) electrons. The van der Waals surface area contributed by atoms with Gasteiger partial charge in [-0.3, -0.25) is 9.59 Å². The van der Waals surface area contributed by atoms with Gasteiger partial charge in [-0.05, 0) is 37.0 Å². The molecule has 4 heteroatoms.